The number of alkyl halides is 3. The molecule has 3 heteroatoms. The van der Waals surface area contributed by atoms with Gasteiger partial charge in [0.1, 0.15) is 5.67 Å². The normalized spacial score (nSPS) is 41.3. The molecule has 54 valence electrons. The van der Waals surface area contributed by atoms with E-state index in [1.54, 1.807) is 0 Å². The van der Waals surface area contributed by atoms with E-state index in [4.69, 9.17) is 0 Å². The van der Waals surface area contributed by atoms with Crippen molar-refractivity contribution in [3.8, 4) is 0 Å². The molecular formula is C6H9F3. The molecule has 0 saturated heterocycles. The van der Waals surface area contributed by atoms with Gasteiger partial charge in [-0.05, 0) is 13.3 Å². The topological polar surface area (TPSA) is 0 Å². The maximum Gasteiger partial charge on any atom is 0.251 e. The molecule has 1 rings (SSSR count). The van der Waals surface area contributed by atoms with E-state index in [-0.39, 0.29) is 12.8 Å². The Bertz CT molecular complexity index is 103. The lowest BCUT2D eigenvalue weighted by Crippen LogP contribution is -2.17. The zero-order valence-corrected chi connectivity index (χ0v) is 5.26. The van der Waals surface area contributed by atoms with Crippen LogP contribution in [0.2, 0.25) is 0 Å². The molecule has 1 aliphatic carbocycles. The molecule has 0 amide bonds. The van der Waals surface area contributed by atoms with Crippen LogP contribution in [-0.4, -0.2) is 11.6 Å². The molecule has 9 heavy (non-hydrogen) atoms. The van der Waals surface area contributed by atoms with Crippen LogP contribution in [0.1, 0.15) is 26.2 Å². The van der Waals surface area contributed by atoms with Crippen LogP contribution in [-0.2, 0) is 0 Å². The van der Waals surface area contributed by atoms with E-state index in [0.717, 1.165) is 0 Å². The lowest BCUT2D eigenvalue weighted by Gasteiger charge is -2.11. The van der Waals surface area contributed by atoms with Crippen molar-refractivity contribution in [1.29, 1.82) is 0 Å². The highest BCUT2D eigenvalue weighted by atomic mass is 19.3. The van der Waals surface area contributed by atoms with E-state index in [9.17, 15) is 13.2 Å². The fourth-order valence-corrected chi connectivity index (χ4v) is 1.16. The molecule has 0 radical (unpaired) electrons. The summed E-state index contributed by atoms with van der Waals surface area (Å²) in [6.07, 6.45) is -0.889. The summed E-state index contributed by atoms with van der Waals surface area (Å²) in [5, 5.41) is 0. The van der Waals surface area contributed by atoms with Gasteiger partial charge in [0.15, 0.2) is 0 Å². The van der Waals surface area contributed by atoms with Crippen LogP contribution in [0.5, 0.6) is 0 Å². The molecule has 1 aliphatic rings. The summed E-state index contributed by atoms with van der Waals surface area (Å²) < 4.78 is 37.0. The SMILES string of the molecule is CC1(F)CCC(F)(F)C1. The van der Waals surface area contributed by atoms with Crippen molar-refractivity contribution < 1.29 is 13.2 Å². The molecule has 0 heterocycles. The van der Waals surface area contributed by atoms with Crippen molar-refractivity contribution >= 4 is 0 Å². The fraction of sp³-hybridized carbons (Fsp3) is 1.00. The molecule has 0 aliphatic heterocycles. The second-order valence-electron chi connectivity index (χ2n) is 2.95. The number of hydrogen-bond donors (Lipinski definition) is 0. The molecule has 1 fully saturated rings. The van der Waals surface area contributed by atoms with Crippen LogP contribution in [0.3, 0.4) is 0 Å². The average molecular weight is 138 g/mol. The van der Waals surface area contributed by atoms with Crippen molar-refractivity contribution in [2.24, 2.45) is 0 Å². The summed E-state index contributed by atoms with van der Waals surface area (Å²) in [5.41, 5.74) is -1.62. The van der Waals surface area contributed by atoms with Gasteiger partial charge in [-0.15, -0.1) is 0 Å². The quantitative estimate of drug-likeness (QED) is 0.482. The van der Waals surface area contributed by atoms with Crippen LogP contribution < -0.4 is 0 Å². The highest BCUT2D eigenvalue weighted by Gasteiger charge is 2.46. The Kier molecular flexibility index (Phi) is 1.26. The van der Waals surface area contributed by atoms with Crippen LogP contribution in [0.25, 0.3) is 0 Å². The molecular weight excluding hydrogens is 129 g/mol. The first kappa shape index (κ1) is 6.90. The van der Waals surface area contributed by atoms with Gasteiger partial charge < -0.3 is 0 Å². The van der Waals surface area contributed by atoms with E-state index < -0.39 is 18.0 Å². The predicted molar refractivity (Wildman–Crippen MR) is 28.3 cm³/mol. The van der Waals surface area contributed by atoms with Gasteiger partial charge in [-0.3, -0.25) is 0 Å². The lowest BCUT2D eigenvalue weighted by molar-refractivity contribution is -0.00656. The van der Waals surface area contributed by atoms with E-state index in [2.05, 4.69) is 0 Å². The minimum Gasteiger partial charge on any atom is -0.244 e. The summed E-state index contributed by atoms with van der Waals surface area (Å²) in [5.74, 6) is -2.75. The van der Waals surface area contributed by atoms with Crippen molar-refractivity contribution in [3.05, 3.63) is 0 Å². The highest BCUT2D eigenvalue weighted by Crippen LogP contribution is 2.43. The van der Waals surface area contributed by atoms with Gasteiger partial charge >= 0.3 is 0 Å². The number of rotatable bonds is 0. The summed E-state index contributed by atoms with van der Waals surface area (Å²) in [6, 6.07) is 0. The minimum atomic E-state index is -2.75. The van der Waals surface area contributed by atoms with Gasteiger partial charge in [-0.1, -0.05) is 0 Å². The van der Waals surface area contributed by atoms with Crippen molar-refractivity contribution in [1.82, 2.24) is 0 Å². The van der Waals surface area contributed by atoms with Crippen LogP contribution in [0.15, 0.2) is 0 Å². The van der Waals surface area contributed by atoms with Gasteiger partial charge in [0.2, 0.25) is 0 Å². The molecule has 1 unspecified atom stereocenters. The largest absolute Gasteiger partial charge is 0.251 e. The predicted octanol–water partition coefficient (Wildman–Crippen LogP) is 2.53. The van der Waals surface area contributed by atoms with Gasteiger partial charge in [-0.25, -0.2) is 13.2 Å². The third-order valence-electron chi connectivity index (χ3n) is 1.64. The molecule has 0 aromatic heterocycles. The molecule has 0 nitrogen and oxygen atoms in total. The fourth-order valence-electron chi connectivity index (χ4n) is 1.16. The van der Waals surface area contributed by atoms with Crippen molar-refractivity contribution in [3.63, 3.8) is 0 Å². The zero-order chi connectivity index (χ0) is 7.12. The first-order valence-electron chi connectivity index (χ1n) is 2.98. The summed E-state index contributed by atoms with van der Waals surface area (Å²) >= 11 is 0. The van der Waals surface area contributed by atoms with Crippen LogP contribution in [0, 0.1) is 0 Å². The van der Waals surface area contributed by atoms with Crippen molar-refractivity contribution in [2.75, 3.05) is 0 Å². The van der Waals surface area contributed by atoms with E-state index in [0.29, 0.717) is 0 Å². The third kappa shape index (κ3) is 1.60. The van der Waals surface area contributed by atoms with E-state index in [1.165, 1.54) is 6.92 Å². The maximum atomic E-state index is 12.6. The zero-order valence-electron chi connectivity index (χ0n) is 5.26. The standard InChI is InChI=1S/C6H9F3/c1-5(7)2-3-6(8,9)4-5/h2-4H2,1H3. The van der Waals surface area contributed by atoms with Gasteiger partial charge in [0, 0.05) is 12.8 Å². The minimum absolute atomic E-state index is 0. The van der Waals surface area contributed by atoms with E-state index in [1.807, 2.05) is 0 Å². The molecule has 0 spiro atoms. The highest BCUT2D eigenvalue weighted by molar-refractivity contribution is 4.90. The van der Waals surface area contributed by atoms with Crippen molar-refractivity contribution in [2.45, 2.75) is 37.8 Å². The van der Waals surface area contributed by atoms with E-state index >= 15 is 0 Å². The first-order chi connectivity index (χ1) is 3.91. The second kappa shape index (κ2) is 1.64. The molecule has 0 bridgehead atoms. The van der Waals surface area contributed by atoms with Crippen LogP contribution in [0.4, 0.5) is 13.2 Å². The Balaban J connectivity index is 2.58. The summed E-state index contributed by atoms with van der Waals surface area (Å²) in [7, 11) is 0. The monoisotopic (exact) mass is 138 g/mol. The number of halogens is 3. The Hall–Kier alpha value is -0.210. The average Bonchev–Trinajstić information content (AvgIpc) is 1.78. The number of hydrogen-bond acceptors (Lipinski definition) is 0. The van der Waals surface area contributed by atoms with Gasteiger partial charge in [-0.2, -0.15) is 0 Å². The third-order valence-corrected chi connectivity index (χ3v) is 1.64. The van der Waals surface area contributed by atoms with Gasteiger partial charge in [0.25, 0.3) is 5.92 Å². The Morgan fingerprint density at radius 2 is 1.67 bits per heavy atom. The molecule has 0 aromatic rings. The molecule has 1 saturated carbocycles. The Labute approximate surface area is 52.1 Å². The first-order valence-corrected chi connectivity index (χ1v) is 2.98. The summed E-state index contributed by atoms with van der Waals surface area (Å²) in [4.78, 5) is 0. The molecule has 0 N–H and O–H groups in total. The summed E-state index contributed by atoms with van der Waals surface area (Å²) in [6.45, 7) is 1.23. The van der Waals surface area contributed by atoms with Crippen LogP contribution >= 0.6 is 0 Å². The Morgan fingerprint density at radius 3 is 1.78 bits per heavy atom. The smallest absolute Gasteiger partial charge is 0.244 e. The molecule has 0 aromatic carbocycles. The Morgan fingerprint density at radius 1 is 1.11 bits per heavy atom. The van der Waals surface area contributed by atoms with Gasteiger partial charge in [0.05, 0.1) is 0 Å². The second-order valence-corrected chi connectivity index (χ2v) is 2.95. The molecule has 1 atom stereocenters. The maximum absolute atomic E-state index is 12.6. The lowest BCUT2D eigenvalue weighted by atomic mass is 10.1.